The van der Waals surface area contributed by atoms with Crippen molar-refractivity contribution >= 4 is 58.0 Å². The van der Waals surface area contributed by atoms with Gasteiger partial charge >= 0.3 is 58.0 Å². The molecule has 0 fully saturated rings. The standard InChI is InChI=1S/C31H29N3O12S4/c1-21-13-5-9-17-25(21)47(37,38)33(49(41,42)27-19-11-7-15-23(27)29(35)45-3)31(32)34(48(39,40)26-18-10-6-14-22(26)2)50(43,44)28-20-12-8-16-24(28)30(36)46-4/h5-20,32H,1-4H3/p+1. The van der Waals surface area contributed by atoms with Gasteiger partial charge in [-0.25, -0.2) is 9.59 Å². The predicted octanol–water partition coefficient (Wildman–Crippen LogP) is 2.36. The fourth-order valence-corrected chi connectivity index (χ4v) is 12.9. The van der Waals surface area contributed by atoms with Crippen molar-refractivity contribution in [1.82, 2.24) is 3.71 Å². The fourth-order valence-electron chi connectivity index (χ4n) is 4.81. The van der Waals surface area contributed by atoms with Gasteiger partial charge in [0.1, 0.15) is 19.6 Å². The van der Waals surface area contributed by atoms with Crippen LogP contribution in [-0.4, -0.2) is 72.9 Å². The zero-order valence-electron chi connectivity index (χ0n) is 26.7. The van der Waals surface area contributed by atoms with Crippen LogP contribution in [0.15, 0.2) is 117 Å². The molecule has 0 aliphatic carbocycles. The summed E-state index contributed by atoms with van der Waals surface area (Å²) in [6.45, 7) is 2.59. The first-order valence-electron chi connectivity index (χ1n) is 14.1. The van der Waals surface area contributed by atoms with Gasteiger partial charge in [0.15, 0.2) is 0 Å². The lowest BCUT2D eigenvalue weighted by Gasteiger charge is -2.22. The number of nitrogens with zero attached hydrogens (tertiary/aromatic N) is 2. The maximum atomic E-state index is 14.6. The van der Waals surface area contributed by atoms with E-state index in [1.54, 1.807) is 0 Å². The van der Waals surface area contributed by atoms with E-state index in [-0.39, 0.29) is 11.1 Å². The Kier molecular flexibility index (Phi) is 10.6. The Hall–Kier alpha value is -5.11. The topological polar surface area (TPSA) is 221 Å². The van der Waals surface area contributed by atoms with Crippen LogP contribution in [0.5, 0.6) is 0 Å². The van der Waals surface area contributed by atoms with Crippen LogP contribution >= 0.6 is 0 Å². The number of rotatable bonds is 10. The number of methoxy groups -OCH3 is 2. The van der Waals surface area contributed by atoms with Crippen LogP contribution in [0, 0.1) is 13.8 Å². The van der Waals surface area contributed by atoms with Crippen LogP contribution in [-0.2, 0) is 49.6 Å². The van der Waals surface area contributed by atoms with Crippen LogP contribution in [0.4, 0.5) is 0 Å². The number of sulfonamides is 4. The van der Waals surface area contributed by atoms with Crippen molar-refractivity contribution in [3.05, 3.63) is 119 Å². The van der Waals surface area contributed by atoms with Gasteiger partial charge in [-0.15, -0.1) is 0 Å². The second-order valence-corrected chi connectivity index (χ2v) is 17.8. The minimum Gasteiger partial charge on any atom is -0.465 e. The largest absolute Gasteiger partial charge is 0.465 e. The molecule has 0 saturated carbocycles. The van der Waals surface area contributed by atoms with Crippen molar-refractivity contribution in [1.29, 1.82) is 0 Å². The van der Waals surface area contributed by atoms with Gasteiger partial charge in [0.2, 0.25) is 0 Å². The molecule has 0 aliphatic rings. The molecular weight excluding hydrogens is 735 g/mol. The molecule has 0 amide bonds. The number of benzene rings is 4. The van der Waals surface area contributed by atoms with Crippen molar-refractivity contribution in [3.63, 3.8) is 0 Å². The molecule has 0 radical (unpaired) electrons. The first-order valence-corrected chi connectivity index (χ1v) is 19.8. The van der Waals surface area contributed by atoms with E-state index in [1.807, 2.05) is 0 Å². The Morgan fingerprint density at radius 1 is 0.540 bits per heavy atom. The summed E-state index contributed by atoms with van der Waals surface area (Å²) < 4.78 is 125. The number of carbonyl (C=O) groups is 2. The molecule has 2 N–H and O–H groups in total. The van der Waals surface area contributed by atoms with Gasteiger partial charge in [-0.1, -0.05) is 60.7 Å². The summed E-state index contributed by atoms with van der Waals surface area (Å²) in [6, 6.07) is 18.2. The Labute approximate surface area is 289 Å². The van der Waals surface area contributed by atoms with Gasteiger partial charge in [0.05, 0.1) is 25.3 Å². The van der Waals surface area contributed by atoms with Gasteiger partial charge in [0.25, 0.3) is 0 Å². The minimum absolute atomic E-state index is 0.0473. The summed E-state index contributed by atoms with van der Waals surface area (Å²) in [5, 5.41) is 0. The number of ether oxygens (including phenoxy) is 2. The number of hydrogen-bond donors (Lipinski definition) is 1. The van der Waals surface area contributed by atoms with E-state index >= 15 is 0 Å². The van der Waals surface area contributed by atoms with E-state index < -0.39 is 95.8 Å². The second kappa shape index (κ2) is 14.0. The zero-order chi connectivity index (χ0) is 37.2. The quantitative estimate of drug-likeness (QED) is 0.106. The Morgan fingerprint density at radius 2 is 0.880 bits per heavy atom. The lowest BCUT2D eigenvalue weighted by molar-refractivity contribution is -0.185. The summed E-state index contributed by atoms with van der Waals surface area (Å²) in [7, 11) is -20.8. The van der Waals surface area contributed by atoms with Crippen molar-refractivity contribution in [2.45, 2.75) is 33.4 Å². The molecule has 0 unspecified atom stereocenters. The smallest absolute Gasteiger partial charge is 0.408 e. The molecular formula is C31H30N3O12S4+. The van der Waals surface area contributed by atoms with Crippen molar-refractivity contribution in [2.75, 3.05) is 14.2 Å². The van der Waals surface area contributed by atoms with Crippen molar-refractivity contribution in [2.24, 2.45) is 5.73 Å². The lowest BCUT2D eigenvalue weighted by atomic mass is 10.2. The zero-order valence-corrected chi connectivity index (χ0v) is 30.0. The summed E-state index contributed by atoms with van der Waals surface area (Å²) in [5.41, 5.74) is 4.81. The second-order valence-electron chi connectivity index (χ2n) is 10.3. The Morgan fingerprint density at radius 3 is 1.34 bits per heavy atom. The molecule has 0 saturated heterocycles. The minimum atomic E-state index is -5.76. The van der Waals surface area contributed by atoms with Gasteiger partial charge in [0, 0.05) is 0 Å². The van der Waals surface area contributed by atoms with E-state index in [0.717, 1.165) is 62.8 Å². The van der Waals surface area contributed by atoms with Crippen molar-refractivity contribution in [3.8, 4) is 0 Å². The maximum absolute atomic E-state index is 14.6. The van der Waals surface area contributed by atoms with Crippen LogP contribution < -0.4 is 5.73 Å². The molecule has 0 atom stereocenters. The molecule has 0 bridgehead atoms. The number of guanidine groups is 1. The average molecular weight is 765 g/mol. The third-order valence-electron chi connectivity index (χ3n) is 7.13. The molecule has 264 valence electrons. The highest BCUT2D eigenvalue weighted by Gasteiger charge is 2.52. The van der Waals surface area contributed by atoms with Gasteiger partial charge in [-0.2, -0.15) is 33.7 Å². The molecule has 0 aliphatic heterocycles. The third-order valence-corrected chi connectivity index (χ3v) is 15.8. The SMILES string of the molecule is COC(=O)c1ccccc1S(=O)(=O)N(C(N)=[N+](S(=O)(=O)c1ccccc1C)S(=O)(=O)c1ccccc1C(=O)OC)S(=O)(=O)c1ccccc1C. The van der Waals surface area contributed by atoms with E-state index in [9.17, 15) is 43.3 Å². The molecule has 4 rings (SSSR count). The number of carbonyl (C=O) groups excluding carboxylic acids is 2. The highest BCUT2D eigenvalue weighted by Crippen LogP contribution is 2.31. The highest BCUT2D eigenvalue weighted by molar-refractivity contribution is 8.05. The van der Waals surface area contributed by atoms with Crippen LogP contribution in [0.25, 0.3) is 0 Å². The van der Waals surface area contributed by atoms with E-state index in [0.29, 0.717) is 0 Å². The molecule has 4 aromatic rings. The first-order chi connectivity index (χ1) is 23.4. The maximum Gasteiger partial charge on any atom is 0.408 e. The van der Waals surface area contributed by atoms with Crippen LogP contribution in [0.3, 0.4) is 0 Å². The fraction of sp³-hybridized carbons (Fsp3) is 0.129. The van der Waals surface area contributed by atoms with Gasteiger partial charge in [-0.3, -0.25) is 5.73 Å². The summed E-state index contributed by atoms with van der Waals surface area (Å²) in [4.78, 5) is 21.9. The highest BCUT2D eigenvalue weighted by atomic mass is 32.3. The van der Waals surface area contributed by atoms with Crippen LogP contribution in [0.1, 0.15) is 31.8 Å². The van der Waals surface area contributed by atoms with Gasteiger partial charge in [-0.05, 0) is 68.5 Å². The number of esters is 2. The predicted molar refractivity (Wildman–Crippen MR) is 178 cm³/mol. The normalized spacial score (nSPS) is 12.8. The molecule has 19 heteroatoms. The molecule has 4 aromatic carbocycles. The lowest BCUT2D eigenvalue weighted by Crippen LogP contribution is -2.53. The molecule has 15 nitrogen and oxygen atoms in total. The van der Waals surface area contributed by atoms with Crippen LogP contribution in [0.2, 0.25) is 0 Å². The molecule has 0 heterocycles. The number of nitrogens with two attached hydrogens (primary N) is 1. The number of hydrogen-bond acceptors (Lipinski definition) is 12. The monoisotopic (exact) mass is 764 g/mol. The first kappa shape index (κ1) is 37.7. The van der Waals surface area contributed by atoms with E-state index in [4.69, 9.17) is 5.73 Å². The van der Waals surface area contributed by atoms with E-state index in [1.165, 1.54) is 62.4 Å². The molecule has 0 spiro atoms. The Balaban J connectivity index is 2.31. The summed E-state index contributed by atoms with van der Waals surface area (Å²) >= 11 is 0. The molecule has 50 heavy (non-hydrogen) atoms. The number of aryl methyl sites for hydroxylation is 2. The summed E-state index contributed by atoms with van der Waals surface area (Å²) in [5.74, 6) is -4.36. The van der Waals surface area contributed by atoms with Crippen molar-refractivity contribution < 1.29 is 56.1 Å². The average Bonchev–Trinajstić information content (AvgIpc) is 3.07. The molecule has 0 aromatic heterocycles. The van der Waals surface area contributed by atoms with E-state index in [2.05, 4.69) is 9.47 Å². The summed E-state index contributed by atoms with van der Waals surface area (Å²) in [6.07, 6.45) is 0. The third kappa shape index (κ3) is 6.59. The Bertz CT molecular complexity index is 2500. The van der Waals surface area contributed by atoms with Gasteiger partial charge < -0.3 is 9.47 Å².